The molecule has 6 heteroatoms. The van der Waals surface area contributed by atoms with Crippen molar-refractivity contribution in [2.45, 2.75) is 25.8 Å². The van der Waals surface area contributed by atoms with Crippen LogP contribution in [0.25, 0.3) is 17.1 Å². The Morgan fingerprint density at radius 2 is 1.74 bits per heavy atom. The van der Waals surface area contributed by atoms with E-state index in [1.54, 1.807) is 6.08 Å². The van der Waals surface area contributed by atoms with Crippen molar-refractivity contribution in [3.8, 4) is 5.75 Å². The normalized spacial score (nSPS) is 11.2. The largest absolute Gasteiger partial charge is 0.492 e. The van der Waals surface area contributed by atoms with Crippen LogP contribution >= 0.6 is 11.6 Å². The molecule has 0 saturated heterocycles. The molecule has 1 amide bonds. The molecule has 0 aliphatic rings. The number of benzene rings is 3. The Bertz CT molecular complexity index is 1250. The first-order valence-electron chi connectivity index (χ1n) is 11.5. The number of unbranched alkanes of at least 4 members (excludes halogenated alkanes) is 1. The average Bonchev–Trinajstić information content (AvgIpc) is 3.21. The van der Waals surface area contributed by atoms with Crippen LogP contribution in [0.5, 0.6) is 5.75 Å². The Kier molecular flexibility index (Phi) is 8.36. The van der Waals surface area contributed by atoms with Gasteiger partial charge in [-0.05, 0) is 48.7 Å². The molecule has 174 valence electrons. The zero-order valence-electron chi connectivity index (χ0n) is 19.0. The van der Waals surface area contributed by atoms with Crippen molar-refractivity contribution >= 4 is 34.6 Å². The topological polar surface area (TPSA) is 56.2 Å². The van der Waals surface area contributed by atoms with Crippen molar-refractivity contribution in [2.24, 2.45) is 0 Å². The van der Waals surface area contributed by atoms with Crippen molar-refractivity contribution in [1.82, 2.24) is 14.9 Å². The summed E-state index contributed by atoms with van der Waals surface area (Å²) in [7, 11) is 0. The molecule has 0 spiro atoms. The minimum absolute atomic E-state index is 0.108. The van der Waals surface area contributed by atoms with E-state index >= 15 is 0 Å². The second kappa shape index (κ2) is 12.1. The van der Waals surface area contributed by atoms with E-state index in [1.165, 1.54) is 0 Å². The molecular weight excluding hydrogens is 446 g/mol. The summed E-state index contributed by atoms with van der Waals surface area (Å²) < 4.78 is 8.06. The maximum Gasteiger partial charge on any atom is 0.244 e. The monoisotopic (exact) mass is 473 g/mol. The van der Waals surface area contributed by atoms with Gasteiger partial charge in [0, 0.05) is 25.6 Å². The maximum atomic E-state index is 12.2. The van der Waals surface area contributed by atoms with Crippen LogP contribution in [0.1, 0.15) is 24.2 Å². The van der Waals surface area contributed by atoms with Gasteiger partial charge in [0.1, 0.15) is 11.6 Å². The lowest BCUT2D eigenvalue weighted by Crippen LogP contribution is -2.24. The molecule has 0 radical (unpaired) electrons. The van der Waals surface area contributed by atoms with E-state index in [2.05, 4.69) is 16.0 Å². The summed E-state index contributed by atoms with van der Waals surface area (Å²) in [5.41, 5.74) is 3.08. The fraction of sp³-hybridized carbons (Fsp3) is 0.214. The second-order valence-corrected chi connectivity index (χ2v) is 8.35. The van der Waals surface area contributed by atoms with Crippen molar-refractivity contribution in [3.05, 3.63) is 101 Å². The predicted molar refractivity (Wildman–Crippen MR) is 138 cm³/mol. The number of aryl methyl sites for hydroxylation is 1. The second-order valence-electron chi connectivity index (χ2n) is 7.94. The van der Waals surface area contributed by atoms with Crippen molar-refractivity contribution in [1.29, 1.82) is 0 Å². The van der Waals surface area contributed by atoms with Gasteiger partial charge in [0.25, 0.3) is 0 Å². The fourth-order valence-corrected chi connectivity index (χ4v) is 3.96. The van der Waals surface area contributed by atoms with E-state index in [9.17, 15) is 4.79 Å². The molecule has 0 aliphatic heterocycles. The summed E-state index contributed by atoms with van der Waals surface area (Å²) in [6.07, 6.45) is 5.89. The first kappa shape index (κ1) is 23.6. The maximum absolute atomic E-state index is 12.2. The van der Waals surface area contributed by atoms with E-state index in [4.69, 9.17) is 21.3 Å². The Labute approximate surface area is 205 Å². The SMILES string of the molecule is O=C(/C=C/c1ccccc1)NCCc1nc2ccccc2n1CCCCOc1ccccc1Cl. The molecular formula is C28H28ClN3O2. The summed E-state index contributed by atoms with van der Waals surface area (Å²) in [5.74, 6) is 1.58. The highest BCUT2D eigenvalue weighted by Gasteiger charge is 2.10. The smallest absolute Gasteiger partial charge is 0.244 e. The number of hydrogen-bond donors (Lipinski definition) is 1. The Morgan fingerprint density at radius 1 is 0.971 bits per heavy atom. The van der Waals surface area contributed by atoms with Crippen molar-refractivity contribution in [2.75, 3.05) is 13.2 Å². The summed E-state index contributed by atoms with van der Waals surface area (Å²) >= 11 is 6.15. The summed E-state index contributed by atoms with van der Waals surface area (Å²) in [4.78, 5) is 17.0. The molecule has 34 heavy (non-hydrogen) atoms. The third-order valence-corrected chi connectivity index (χ3v) is 5.79. The van der Waals surface area contributed by atoms with E-state index in [0.717, 1.165) is 47.6 Å². The lowest BCUT2D eigenvalue weighted by Gasteiger charge is -2.11. The standard InChI is InChI=1S/C28H28ClN3O2/c29-23-12-4-7-15-26(23)34-21-9-8-20-32-25-14-6-5-13-24(25)31-27(32)18-19-30-28(33)17-16-22-10-2-1-3-11-22/h1-7,10-17H,8-9,18-21H2,(H,30,33)/b17-16+. The van der Waals surface area contributed by atoms with Crippen molar-refractivity contribution in [3.63, 3.8) is 0 Å². The van der Waals surface area contributed by atoms with E-state index in [0.29, 0.717) is 24.6 Å². The highest BCUT2D eigenvalue weighted by molar-refractivity contribution is 6.32. The van der Waals surface area contributed by atoms with Crippen LogP contribution in [-0.4, -0.2) is 28.6 Å². The number of nitrogens with zero attached hydrogens (tertiary/aromatic N) is 2. The summed E-state index contributed by atoms with van der Waals surface area (Å²) in [5, 5.41) is 3.59. The number of ether oxygens (including phenoxy) is 1. The number of aromatic nitrogens is 2. The summed E-state index contributed by atoms with van der Waals surface area (Å²) in [6, 6.07) is 25.4. The van der Waals surface area contributed by atoms with Gasteiger partial charge in [-0.2, -0.15) is 0 Å². The number of carbonyl (C=O) groups is 1. The molecule has 0 unspecified atom stereocenters. The zero-order chi connectivity index (χ0) is 23.6. The molecule has 0 atom stereocenters. The van der Waals surface area contributed by atoms with Crippen LogP contribution in [0.3, 0.4) is 0 Å². The van der Waals surface area contributed by atoms with Crippen LogP contribution in [-0.2, 0) is 17.8 Å². The number of para-hydroxylation sites is 3. The van der Waals surface area contributed by atoms with Gasteiger partial charge >= 0.3 is 0 Å². The predicted octanol–water partition coefficient (Wildman–Crippen LogP) is 5.92. The molecule has 1 N–H and O–H groups in total. The highest BCUT2D eigenvalue weighted by atomic mass is 35.5. The third kappa shape index (κ3) is 6.49. The zero-order valence-corrected chi connectivity index (χ0v) is 19.7. The Balaban J connectivity index is 1.30. The van der Waals surface area contributed by atoms with Gasteiger partial charge in [-0.25, -0.2) is 4.98 Å². The van der Waals surface area contributed by atoms with Gasteiger partial charge in [0.15, 0.2) is 0 Å². The van der Waals surface area contributed by atoms with Gasteiger partial charge in [0.05, 0.1) is 22.7 Å². The van der Waals surface area contributed by atoms with E-state index in [-0.39, 0.29) is 5.91 Å². The number of fused-ring (bicyclic) bond motifs is 1. The molecule has 1 heterocycles. The molecule has 0 saturated carbocycles. The Morgan fingerprint density at radius 3 is 2.59 bits per heavy atom. The van der Waals surface area contributed by atoms with Crippen molar-refractivity contribution < 1.29 is 9.53 Å². The van der Waals surface area contributed by atoms with Crippen LogP contribution in [0.2, 0.25) is 5.02 Å². The van der Waals surface area contributed by atoms with Gasteiger partial charge in [-0.1, -0.05) is 66.2 Å². The van der Waals surface area contributed by atoms with E-state index in [1.807, 2.05) is 78.9 Å². The lowest BCUT2D eigenvalue weighted by molar-refractivity contribution is -0.116. The summed E-state index contributed by atoms with van der Waals surface area (Å²) in [6.45, 7) is 1.97. The molecule has 1 aromatic heterocycles. The highest BCUT2D eigenvalue weighted by Crippen LogP contribution is 2.23. The molecule has 0 aliphatic carbocycles. The first-order valence-corrected chi connectivity index (χ1v) is 11.9. The third-order valence-electron chi connectivity index (χ3n) is 5.48. The number of imidazole rings is 1. The van der Waals surface area contributed by atoms with E-state index < -0.39 is 0 Å². The fourth-order valence-electron chi connectivity index (χ4n) is 3.77. The number of hydrogen-bond acceptors (Lipinski definition) is 3. The van der Waals surface area contributed by atoms with Crippen LogP contribution in [0, 0.1) is 0 Å². The van der Waals surface area contributed by atoms with Gasteiger partial charge < -0.3 is 14.6 Å². The quantitative estimate of drug-likeness (QED) is 0.217. The average molecular weight is 474 g/mol. The molecule has 5 nitrogen and oxygen atoms in total. The Hall–Kier alpha value is -3.57. The molecule has 3 aromatic carbocycles. The lowest BCUT2D eigenvalue weighted by atomic mass is 10.2. The number of halogens is 1. The minimum atomic E-state index is -0.108. The number of carbonyl (C=O) groups excluding carboxylic acids is 1. The number of amides is 1. The first-order chi connectivity index (χ1) is 16.7. The molecule has 0 bridgehead atoms. The van der Waals surface area contributed by atoms with Gasteiger partial charge in [-0.15, -0.1) is 0 Å². The number of nitrogens with one attached hydrogen (secondary N) is 1. The van der Waals surface area contributed by atoms with Crippen LogP contribution < -0.4 is 10.1 Å². The van der Waals surface area contributed by atoms with Gasteiger partial charge in [-0.3, -0.25) is 4.79 Å². The molecule has 0 fully saturated rings. The van der Waals surface area contributed by atoms with Crippen LogP contribution in [0.4, 0.5) is 0 Å². The molecule has 4 aromatic rings. The number of rotatable bonds is 11. The van der Waals surface area contributed by atoms with Gasteiger partial charge in [0.2, 0.25) is 5.91 Å². The molecule has 4 rings (SSSR count). The minimum Gasteiger partial charge on any atom is -0.492 e. The van der Waals surface area contributed by atoms with Crippen LogP contribution in [0.15, 0.2) is 84.9 Å².